The van der Waals surface area contributed by atoms with Gasteiger partial charge in [0.2, 0.25) is 5.91 Å². The van der Waals surface area contributed by atoms with Crippen molar-refractivity contribution in [1.82, 2.24) is 14.8 Å². The highest BCUT2D eigenvalue weighted by atomic mass is 32.2. The summed E-state index contributed by atoms with van der Waals surface area (Å²) >= 11 is 3.22. The summed E-state index contributed by atoms with van der Waals surface area (Å²) < 4.78 is 2.09. The van der Waals surface area contributed by atoms with Crippen LogP contribution in [0.1, 0.15) is 17.0 Å². The third-order valence-electron chi connectivity index (χ3n) is 3.90. The van der Waals surface area contributed by atoms with Gasteiger partial charge in [0.25, 0.3) is 0 Å². The van der Waals surface area contributed by atoms with E-state index in [1.807, 2.05) is 36.0 Å². The quantitative estimate of drug-likeness (QED) is 0.419. The fourth-order valence-electron chi connectivity index (χ4n) is 2.60. The molecule has 0 saturated heterocycles. The van der Waals surface area contributed by atoms with E-state index in [1.54, 1.807) is 0 Å². The first kappa shape index (κ1) is 19.5. The van der Waals surface area contributed by atoms with E-state index in [9.17, 15) is 4.79 Å². The summed E-state index contributed by atoms with van der Waals surface area (Å²) in [4.78, 5) is 11.1. The number of aromatic nitrogens is 3. The molecule has 0 spiro atoms. The number of hydrogen-bond acceptors (Lipinski definition) is 5. The van der Waals surface area contributed by atoms with Gasteiger partial charge >= 0.3 is 0 Å². The number of thioether (sulfide) groups is 2. The van der Waals surface area contributed by atoms with Crippen LogP contribution in [0.4, 0.5) is 0 Å². The van der Waals surface area contributed by atoms with Crippen molar-refractivity contribution in [2.24, 2.45) is 5.73 Å². The SMILES string of the molecule is NC(=O)CSc1nnc(CCSCc2ccccc2)n1Cc1ccccc1. The summed E-state index contributed by atoms with van der Waals surface area (Å²) in [6, 6.07) is 20.6. The fraction of sp³-hybridized carbons (Fsp3) is 0.250. The molecule has 0 saturated carbocycles. The number of nitrogens with zero attached hydrogens (tertiary/aromatic N) is 3. The van der Waals surface area contributed by atoms with Crippen LogP contribution < -0.4 is 5.73 Å². The number of primary amides is 1. The maximum atomic E-state index is 11.1. The molecule has 0 unspecified atom stereocenters. The Bertz CT molecular complexity index is 853. The van der Waals surface area contributed by atoms with E-state index in [0.717, 1.165) is 28.9 Å². The molecule has 0 fully saturated rings. The van der Waals surface area contributed by atoms with Crippen LogP contribution in [0.3, 0.4) is 0 Å². The molecule has 27 heavy (non-hydrogen) atoms. The number of rotatable bonds is 10. The van der Waals surface area contributed by atoms with Crippen LogP contribution >= 0.6 is 23.5 Å². The van der Waals surface area contributed by atoms with Crippen LogP contribution in [-0.4, -0.2) is 32.2 Å². The first-order valence-corrected chi connectivity index (χ1v) is 10.8. The van der Waals surface area contributed by atoms with Crippen LogP contribution in [0.15, 0.2) is 65.8 Å². The minimum atomic E-state index is -0.353. The molecule has 0 bridgehead atoms. The van der Waals surface area contributed by atoms with E-state index in [-0.39, 0.29) is 11.7 Å². The molecule has 2 N–H and O–H groups in total. The van der Waals surface area contributed by atoms with Gasteiger partial charge in [-0.25, -0.2) is 0 Å². The number of amides is 1. The molecule has 5 nitrogen and oxygen atoms in total. The lowest BCUT2D eigenvalue weighted by Gasteiger charge is -2.10. The van der Waals surface area contributed by atoms with E-state index in [1.165, 1.54) is 22.9 Å². The summed E-state index contributed by atoms with van der Waals surface area (Å²) in [5, 5.41) is 9.38. The summed E-state index contributed by atoms with van der Waals surface area (Å²) in [7, 11) is 0. The highest BCUT2D eigenvalue weighted by Crippen LogP contribution is 2.20. The zero-order chi connectivity index (χ0) is 18.9. The van der Waals surface area contributed by atoms with Crippen LogP contribution in [0.2, 0.25) is 0 Å². The van der Waals surface area contributed by atoms with Crippen molar-refractivity contribution in [2.45, 2.75) is 23.9 Å². The Kier molecular flexibility index (Phi) is 7.36. The molecular weight excluding hydrogens is 376 g/mol. The van der Waals surface area contributed by atoms with Crippen molar-refractivity contribution in [3.05, 3.63) is 77.6 Å². The molecule has 1 aromatic heterocycles. The van der Waals surface area contributed by atoms with Gasteiger partial charge in [-0.3, -0.25) is 4.79 Å². The zero-order valence-corrected chi connectivity index (χ0v) is 16.6. The van der Waals surface area contributed by atoms with Crippen LogP contribution in [-0.2, 0) is 23.5 Å². The van der Waals surface area contributed by atoms with Crippen molar-refractivity contribution in [2.75, 3.05) is 11.5 Å². The second kappa shape index (κ2) is 10.2. The number of carbonyl (C=O) groups is 1. The van der Waals surface area contributed by atoms with E-state index in [4.69, 9.17) is 5.73 Å². The summed E-state index contributed by atoms with van der Waals surface area (Å²) in [5.41, 5.74) is 7.78. The highest BCUT2D eigenvalue weighted by molar-refractivity contribution is 7.99. The number of carbonyl (C=O) groups excluding carboxylic acids is 1. The lowest BCUT2D eigenvalue weighted by Crippen LogP contribution is -2.14. The molecule has 3 rings (SSSR count). The number of hydrogen-bond donors (Lipinski definition) is 1. The standard InChI is InChI=1S/C20H22N4OS2/c21-18(25)15-27-20-23-22-19(24(20)13-16-7-3-1-4-8-16)11-12-26-14-17-9-5-2-6-10-17/h1-10H,11-15H2,(H2,21,25). The second-order valence-electron chi connectivity index (χ2n) is 6.01. The first-order valence-electron chi connectivity index (χ1n) is 8.71. The van der Waals surface area contributed by atoms with Gasteiger partial charge in [-0.1, -0.05) is 72.4 Å². The Labute approximate surface area is 167 Å². The Morgan fingerprint density at radius 3 is 2.30 bits per heavy atom. The minimum absolute atomic E-state index is 0.204. The number of benzene rings is 2. The Hall–Kier alpha value is -2.25. The normalized spacial score (nSPS) is 10.8. The lowest BCUT2D eigenvalue weighted by molar-refractivity contribution is -0.115. The third-order valence-corrected chi connectivity index (χ3v) is 5.92. The van der Waals surface area contributed by atoms with Crippen molar-refractivity contribution in [3.63, 3.8) is 0 Å². The molecule has 7 heteroatoms. The molecule has 1 amide bonds. The van der Waals surface area contributed by atoms with E-state index in [0.29, 0.717) is 6.54 Å². The predicted octanol–water partition coefficient (Wildman–Crippen LogP) is 3.38. The van der Waals surface area contributed by atoms with Crippen molar-refractivity contribution in [3.8, 4) is 0 Å². The van der Waals surface area contributed by atoms with Gasteiger partial charge in [0, 0.05) is 17.9 Å². The maximum absolute atomic E-state index is 11.1. The Morgan fingerprint density at radius 1 is 0.963 bits per heavy atom. The molecule has 0 aliphatic heterocycles. The molecule has 0 aliphatic rings. The van der Waals surface area contributed by atoms with Gasteiger partial charge in [-0.05, 0) is 11.1 Å². The van der Waals surface area contributed by atoms with Gasteiger partial charge in [0.05, 0.1) is 12.3 Å². The maximum Gasteiger partial charge on any atom is 0.227 e. The smallest absolute Gasteiger partial charge is 0.227 e. The first-order chi connectivity index (χ1) is 13.2. The zero-order valence-electron chi connectivity index (χ0n) is 15.0. The second-order valence-corrected chi connectivity index (χ2v) is 8.06. The summed E-state index contributed by atoms with van der Waals surface area (Å²) in [6.45, 7) is 0.688. The largest absolute Gasteiger partial charge is 0.369 e. The van der Waals surface area contributed by atoms with Crippen molar-refractivity contribution in [1.29, 1.82) is 0 Å². The van der Waals surface area contributed by atoms with E-state index < -0.39 is 0 Å². The van der Waals surface area contributed by atoms with Gasteiger partial charge in [0.1, 0.15) is 5.82 Å². The Balaban J connectivity index is 1.64. The molecule has 3 aromatic rings. The predicted molar refractivity (Wildman–Crippen MR) is 112 cm³/mol. The van der Waals surface area contributed by atoms with Crippen LogP contribution in [0.5, 0.6) is 0 Å². The lowest BCUT2D eigenvalue weighted by atomic mass is 10.2. The van der Waals surface area contributed by atoms with E-state index in [2.05, 4.69) is 51.2 Å². The minimum Gasteiger partial charge on any atom is -0.369 e. The molecular formula is C20H22N4OS2. The van der Waals surface area contributed by atoms with Crippen LogP contribution in [0, 0.1) is 0 Å². The average molecular weight is 399 g/mol. The molecule has 0 atom stereocenters. The molecule has 2 aromatic carbocycles. The number of aryl methyl sites for hydroxylation is 1. The molecule has 0 radical (unpaired) electrons. The van der Waals surface area contributed by atoms with Gasteiger partial charge in [-0.15, -0.1) is 10.2 Å². The van der Waals surface area contributed by atoms with E-state index >= 15 is 0 Å². The fourth-order valence-corrected chi connectivity index (χ4v) is 4.19. The van der Waals surface area contributed by atoms with Crippen molar-refractivity contribution >= 4 is 29.4 Å². The van der Waals surface area contributed by atoms with Gasteiger partial charge < -0.3 is 10.3 Å². The van der Waals surface area contributed by atoms with Crippen molar-refractivity contribution < 1.29 is 4.79 Å². The van der Waals surface area contributed by atoms with Crippen LogP contribution in [0.25, 0.3) is 0 Å². The van der Waals surface area contributed by atoms with Gasteiger partial charge in [-0.2, -0.15) is 11.8 Å². The monoisotopic (exact) mass is 398 g/mol. The third kappa shape index (κ3) is 6.15. The Morgan fingerprint density at radius 2 is 1.63 bits per heavy atom. The molecule has 140 valence electrons. The van der Waals surface area contributed by atoms with Gasteiger partial charge in [0.15, 0.2) is 5.16 Å². The average Bonchev–Trinajstić information content (AvgIpc) is 3.07. The number of nitrogens with two attached hydrogens (primary N) is 1. The summed E-state index contributed by atoms with van der Waals surface area (Å²) in [6.07, 6.45) is 0.828. The molecule has 1 heterocycles. The summed E-state index contributed by atoms with van der Waals surface area (Å²) in [5.74, 6) is 2.73. The molecule has 0 aliphatic carbocycles. The topological polar surface area (TPSA) is 73.8 Å². The highest BCUT2D eigenvalue weighted by Gasteiger charge is 2.14.